The first-order valence-corrected chi connectivity index (χ1v) is 2.90. The van der Waals surface area contributed by atoms with E-state index in [2.05, 4.69) is 9.98 Å². The Kier molecular flexibility index (Phi) is 1.68. The van der Waals surface area contributed by atoms with E-state index < -0.39 is 0 Å². The summed E-state index contributed by atoms with van der Waals surface area (Å²) >= 11 is 0. The van der Waals surface area contributed by atoms with Gasteiger partial charge < -0.3 is 4.98 Å². The topological polar surface area (TPSA) is 28.1 Å². The molecule has 2 nitrogen and oxygen atoms in total. The Morgan fingerprint density at radius 2 is 2.44 bits per heavy atom. The third kappa shape index (κ3) is 1.19. The molecule has 0 saturated heterocycles. The van der Waals surface area contributed by atoms with Crippen LogP contribution in [0.4, 0.5) is 0 Å². The van der Waals surface area contributed by atoms with E-state index in [-0.39, 0.29) is 0 Å². The van der Waals surface area contributed by atoms with Crippen LogP contribution < -0.4 is 0 Å². The third-order valence-corrected chi connectivity index (χ3v) is 1.26. The molecule has 0 aromatic carbocycles. The lowest BCUT2D eigenvalue weighted by Crippen LogP contribution is -1.81. The number of aromatic amines is 1. The van der Waals surface area contributed by atoms with E-state index >= 15 is 0 Å². The van der Waals surface area contributed by atoms with E-state index in [1.165, 1.54) is 5.56 Å². The fourth-order valence-corrected chi connectivity index (χ4v) is 0.728. The molecule has 1 rings (SSSR count). The number of aliphatic imine (C=N–C) groups is 1. The van der Waals surface area contributed by atoms with Gasteiger partial charge in [0.15, 0.2) is 0 Å². The van der Waals surface area contributed by atoms with Gasteiger partial charge in [-0.2, -0.15) is 0 Å². The van der Waals surface area contributed by atoms with Crippen LogP contribution in [0.2, 0.25) is 0 Å². The van der Waals surface area contributed by atoms with Crippen LogP contribution in [-0.4, -0.2) is 18.2 Å². The highest BCUT2D eigenvalue weighted by Crippen LogP contribution is 1.99. The second-order valence-corrected chi connectivity index (χ2v) is 1.96. The number of hydrogen-bond donors (Lipinski definition) is 1. The Hall–Kier alpha value is -1.05. The summed E-state index contributed by atoms with van der Waals surface area (Å²) in [6.07, 6.45) is 3.72. The minimum Gasteiger partial charge on any atom is -0.360 e. The van der Waals surface area contributed by atoms with Crippen LogP contribution in [0.25, 0.3) is 0 Å². The number of nitrogens with one attached hydrogen (secondary N) is 1. The summed E-state index contributed by atoms with van der Waals surface area (Å²) in [5, 5.41) is 0. The maximum atomic E-state index is 3.88. The summed E-state index contributed by atoms with van der Waals surface area (Å²) in [6, 6.07) is 2.02. The maximum absolute atomic E-state index is 3.88. The molecule has 48 valence electrons. The molecule has 9 heavy (non-hydrogen) atoms. The van der Waals surface area contributed by atoms with Gasteiger partial charge in [-0.1, -0.05) is 0 Å². The number of nitrogens with zero attached hydrogens (tertiary/aromatic N) is 1. The van der Waals surface area contributed by atoms with Crippen LogP contribution in [0, 0.1) is 6.92 Å². The molecule has 0 saturated carbocycles. The summed E-state index contributed by atoms with van der Waals surface area (Å²) in [5.41, 5.74) is 2.33. The number of aromatic nitrogens is 1. The third-order valence-electron chi connectivity index (χ3n) is 1.26. The standard InChI is InChI=1S/C7H10N2/c1-6-3-4-9-7(6)5-8-2/h3-5,9H,1-2H3. The van der Waals surface area contributed by atoms with Gasteiger partial charge in [-0.05, 0) is 18.6 Å². The van der Waals surface area contributed by atoms with E-state index in [0.29, 0.717) is 0 Å². The average Bonchev–Trinajstić information content (AvgIpc) is 2.18. The zero-order valence-corrected chi connectivity index (χ0v) is 5.68. The zero-order valence-electron chi connectivity index (χ0n) is 5.68. The van der Waals surface area contributed by atoms with Crippen LogP contribution >= 0.6 is 0 Å². The second kappa shape index (κ2) is 2.49. The predicted octanol–water partition coefficient (Wildman–Crippen LogP) is 1.37. The van der Waals surface area contributed by atoms with Gasteiger partial charge in [0.1, 0.15) is 0 Å². The second-order valence-electron chi connectivity index (χ2n) is 1.96. The largest absolute Gasteiger partial charge is 0.360 e. The first kappa shape index (κ1) is 6.08. The van der Waals surface area contributed by atoms with Gasteiger partial charge in [0.05, 0.1) is 5.69 Å². The van der Waals surface area contributed by atoms with Gasteiger partial charge in [-0.15, -0.1) is 0 Å². The van der Waals surface area contributed by atoms with Gasteiger partial charge in [0, 0.05) is 19.5 Å². The van der Waals surface area contributed by atoms with E-state index in [0.717, 1.165) is 5.69 Å². The molecule has 0 bridgehead atoms. The van der Waals surface area contributed by atoms with Crippen molar-refractivity contribution in [2.24, 2.45) is 4.99 Å². The minimum absolute atomic E-state index is 1.09. The monoisotopic (exact) mass is 122 g/mol. The number of hydrogen-bond acceptors (Lipinski definition) is 1. The smallest absolute Gasteiger partial charge is 0.0591 e. The number of H-pyrrole nitrogens is 1. The fraction of sp³-hybridized carbons (Fsp3) is 0.286. The molecule has 0 aliphatic rings. The quantitative estimate of drug-likeness (QED) is 0.545. The van der Waals surface area contributed by atoms with E-state index in [1.54, 1.807) is 7.05 Å². The molecular formula is C7H10N2. The summed E-state index contributed by atoms with van der Waals surface area (Å²) in [6.45, 7) is 2.05. The van der Waals surface area contributed by atoms with Crippen LogP contribution in [0.5, 0.6) is 0 Å². The molecule has 0 aliphatic heterocycles. The predicted molar refractivity (Wildman–Crippen MR) is 39.0 cm³/mol. The molecule has 0 spiro atoms. The molecule has 1 heterocycles. The molecule has 1 aromatic heterocycles. The maximum Gasteiger partial charge on any atom is 0.0591 e. The van der Waals surface area contributed by atoms with Crippen molar-refractivity contribution in [2.45, 2.75) is 6.92 Å². The Morgan fingerprint density at radius 1 is 1.67 bits per heavy atom. The molecule has 0 amide bonds. The van der Waals surface area contributed by atoms with Gasteiger partial charge in [0.2, 0.25) is 0 Å². The molecule has 0 atom stereocenters. The highest BCUT2D eigenvalue weighted by molar-refractivity contribution is 5.78. The van der Waals surface area contributed by atoms with Crippen molar-refractivity contribution in [1.29, 1.82) is 0 Å². The van der Waals surface area contributed by atoms with Gasteiger partial charge in [0.25, 0.3) is 0 Å². The summed E-state index contributed by atoms with van der Waals surface area (Å²) in [5.74, 6) is 0. The van der Waals surface area contributed by atoms with Crippen LogP contribution in [0.1, 0.15) is 11.3 Å². The van der Waals surface area contributed by atoms with Gasteiger partial charge in [-0.3, -0.25) is 4.99 Å². The molecule has 1 N–H and O–H groups in total. The molecule has 0 aliphatic carbocycles. The molecule has 0 fully saturated rings. The molecule has 2 heteroatoms. The summed E-state index contributed by atoms with van der Waals surface area (Å²) in [4.78, 5) is 6.94. The van der Waals surface area contributed by atoms with Crippen LogP contribution in [0.3, 0.4) is 0 Å². The van der Waals surface area contributed by atoms with E-state index in [4.69, 9.17) is 0 Å². The molecule has 1 aromatic rings. The minimum atomic E-state index is 1.09. The highest BCUT2D eigenvalue weighted by Gasteiger charge is 1.90. The zero-order chi connectivity index (χ0) is 6.69. The molecule has 0 radical (unpaired) electrons. The van der Waals surface area contributed by atoms with Crippen LogP contribution in [0.15, 0.2) is 17.3 Å². The molecular weight excluding hydrogens is 112 g/mol. The Morgan fingerprint density at radius 3 is 2.89 bits per heavy atom. The van der Waals surface area contributed by atoms with Crippen molar-refractivity contribution in [3.05, 3.63) is 23.5 Å². The number of aryl methyl sites for hydroxylation is 1. The average molecular weight is 122 g/mol. The first-order chi connectivity index (χ1) is 4.34. The van der Waals surface area contributed by atoms with Crippen molar-refractivity contribution in [3.63, 3.8) is 0 Å². The van der Waals surface area contributed by atoms with Crippen molar-refractivity contribution < 1.29 is 0 Å². The Bertz CT molecular complexity index is 210. The SMILES string of the molecule is CN=Cc1[nH]ccc1C. The van der Waals surface area contributed by atoms with E-state index in [9.17, 15) is 0 Å². The van der Waals surface area contributed by atoms with Gasteiger partial charge in [-0.25, -0.2) is 0 Å². The highest BCUT2D eigenvalue weighted by atomic mass is 14.7. The van der Waals surface area contributed by atoms with Crippen molar-refractivity contribution in [1.82, 2.24) is 4.98 Å². The lowest BCUT2D eigenvalue weighted by molar-refractivity contribution is 1.33. The summed E-state index contributed by atoms with van der Waals surface area (Å²) < 4.78 is 0. The van der Waals surface area contributed by atoms with Gasteiger partial charge >= 0.3 is 0 Å². The van der Waals surface area contributed by atoms with Crippen molar-refractivity contribution >= 4 is 6.21 Å². The summed E-state index contributed by atoms with van der Waals surface area (Å²) in [7, 11) is 1.76. The fourth-order valence-electron chi connectivity index (χ4n) is 0.728. The Labute approximate surface area is 54.6 Å². The Balaban J connectivity index is 2.94. The van der Waals surface area contributed by atoms with E-state index in [1.807, 2.05) is 25.4 Å². The van der Waals surface area contributed by atoms with Crippen molar-refractivity contribution in [2.75, 3.05) is 7.05 Å². The first-order valence-electron chi connectivity index (χ1n) is 2.90. The lowest BCUT2D eigenvalue weighted by Gasteiger charge is -1.85. The number of rotatable bonds is 1. The molecule has 0 unspecified atom stereocenters. The van der Waals surface area contributed by atoms with Crippen molar-refractivity contribution in [3.8, 4) is 0 Å². The normalized spacial score (nSPS) is 10.9. The lowest BCUT2D eigenvalue weighted by atomic mass is 10.3. The van der Waals surface area contributed by atoms with Crippen LogP contribution in [-0.2, 0) is 0 Å².